The molecule has 2 heterocycles. The number of ether oxygens (including phenoxy) is 4. The summed E-state index contributed by atoms with van der Waals surface area (Å²) in [5.41, 5.74) is 0. The highest BCUT2D eigenvalue weighted by molar-refractivity contribution is 5.89. The van der Waals surface area contributed by atoms with E-state index < -0.39 is 79.6 Å². The van der Waals surface area contributed by atoms with Crippen molar-refractivity contribution >= 4 is 11.9 Å². The maximum absolute atomic E-state index is 12.2. The number of esters is 2. The van der Waals surface area contributed by atoms with Crippen molar-refractivity contribution in [3.63, 3.8) is 0 Å². The van der Waals surface area contributed by atoms with Crippen LogP contribution in [0, 0.1) is 0 Å². The van der Waals surface area contributed by atoms with E-state index in [1.54, 1.807) is 0 Å². The van der Waals surface area contributed by atoms with Crippen molar-refractivity contribution < 1.29 is 59.2 Å². The van der Waals surface area contributed by atoms with Gasteiger partial charge in [-0.25, -0.2) is 4.79 Å². The number of carbonyl (C=O) groups is 2. The molecule has 2 aliphatic heterocycles. The Kier molecular flexibility index (Phi) is 14.3. The third-order valence-electron chi connectivity index (χ3n) is 6.75. The number of carbonyl (C=O) groups excluding carboxylic acids is 2. The quantitative estimate of drug-likeness (QED) is 0.106. The highest BCUT2D eigenvalue weighted by atomic mass is 16.7. The average Bonchev–Trinajstić information content (AvgIpc) is 3.18. The van der Waals surface area contributed by atoms with E-state index in [-0.39, 0.29) is 6.42 Å². The summed E-state index contributed by atoms with van der Waals surface area (Å²) in [4.78, 5) is 24.2. The average molecular weight is 549 g/mol. The number of hydrogen-bond donors (Lipinski definition) is 6. The Bertz CT molecular complexity index is 755. The van der Waals surface area contributed by atoms with Gasteiger partial charge in [-0.2, -0.15) is 0 Å². The normalized spacial score (nSPS) is 28.3. The molecule has 7 atom stereocenters. The molecule has 1 saturated heterocycles. The molecule has 6 N–H and O–H groups in total. The smallest absolute Gasteiger partial charge is 0.378 e. The fraction of sp³-hybridized carbons (Fsp3) is 0.846. The molecular formula is C26H44O12. The number of hydrogen-bond acceptors (Lipinski definition) is 12. The molecule has 38 heavy (non-hydrogen) atoms. The Balaban J connectivity index is 1.68. The lowest BCUT2D eigenvalue weighted by atomic mass is 9.99. The first-order valence-electron chi connectivity index (χ1n) is 13.7. The Morgan fingerprint density at radius 2 is 1.50 bits per heavy atom. The van der Waals surface area contributed by atoms with E-state index in [9.17, 15) is 40.2 Å². The van der Waals surface area contributed by atoms with Gasteiger partial charge in [0.25, 0.3) is 0 Å². The number of aliphatic hydroxyl groups excluding tert-OH is 6. The Morgan fingerprint density at radius 1 is 0.921 bits per heavy atom. The Morgan fingerprint density at radius 3 is 2.08 bits per heavy atom. The summed E-state index contributed by atoms with van der Waals surface area (Å²) >= 11 is 0. The van der Waals surface area contributed by atoms with E-state index in [1.807, 2.05) is 0 Å². The summed E-state index contributed by atoms with van der Waals surface area (Å²) in [5.74, 6) is -3.31. The first kappa shape index (κ1) is 32.3. The van der Waals surface area contributed by atoms with Gasteiger partial charge in [0.15, 0.2) is 11.9 Å². The lowest BCUT2D eigenvalue weighted by Gasteiger charge is -2.39. The van der Waals surface area contributed by atoms with Gasteiger partial charge >= 0.3 is 11.9 Å². The number of cyclic esters (lactones) is 1. The van der Waals surface area contributed by atoms with Crippen LogP contribution in [0.3, 0.4) is 0 Å². The monoisotopic (exact) mass is 548 g/mol. The van der Waals surface area contributed by atoms with Crippen molar-refractivity contribution in [2.45, 2.75) is 127 Å². The Labute approximate surface area is 223 Å². The van der Waals surface area contributed by atoms with Gasteiger partial charge in [0.05, 0.1) is 6.61 Å². The fourth-order valence-electron chi connectivity index (χ4n) is 4.38. The summed E-state index contributed by atoms with van der Waals surface area (Å²) < 4.78 is 20.2. The SMILES string of the molecule is CCCCCCCCCCCCCC(=O)OC[C@H](O)[C@H]1OC(=O)C(OC2O[C@H](CO)[C@@H](O)[C@H](O)[C@H]2O)=C1O. The fourth-order valence-corrected chi connectivity index (χ4v) is 4.38. The minimum atomic E-state index is -1.82. The van der Waals surface area contributed by atoms with Gasteiger partial charge in [0, 0.05) is 6.42 Å². The minimum absolute atomic E-state index is 0.182. The molecule has 0 saturated carbocycles. The lowest BCUT2D eigenvalue weighted by Crippen LogP contribution is -2.59. The van der Waals surface area contributed by atoms with Crippen molar-refractivity contribution in [3.05, 3.63) is 11.5 Å². The van der Waals surface area contributed by atoms with Crippen LogP contribution in [-0.4, -0.2) is 98.7 Å². The highest BCUT2D eigenvalue weighted by Gasteiger charge is 2.48. The maximum atomic E-state index is 12.2. The van der Waals surface area contributed by atoms with Crippen LogP contribution in [0.4, 0.5) is 0 Å². The van der Waals surface area contributed by atoms with E-state index in [1.165, 1.54) is 44.9 Å². The van der Waals surface area contributed by atoms with Gasteiger partial charge in [-0.05, 0) is 6.42 Å². The molecule has 0 aromatic heterocycles. The zero-order valence-corrected chi connectivity index (χ0v) is 22.1. The summed E-state index contributed by atoms with van der Waals surface area (Å²) in [6.07, 6.45) is 1.38. The lowest BCUT2D eigenvalue weighted by molar-refractivity contribution is -0.291. The van der Waals surface area contributed by atoms with Gasteiger partial charge in [0.2, 0.25) is 12.0 Å². The standard InChI is InChI=1S/C26H44O12/c1-2-3-4-5-6-7-8-9-10-11-12-13-18(29)35-15-16(28)23-22(33)24(25(34)37-23)38-26-21(32)20(31)19(30)17(14-27)36-26/h16-17,19-21,23,26-28,30-33H,2-15H2,1H3/t16-,17+,19+,20-,21+,23+,26?/m0/s1. The molecule has 0 spiro atoms. The van der Waals surface area contributed by atoms with Crippen LogP contribution >= 0.6 is 0 Å². The van der Waals surface area contributed by atoms with Gasteiger partial charge < -0.3 is 49.6 Å². The summed E-state index contributed by atoms with van der Waals surface area (Å²) in [7, 11) is 0. The van der Waals surface area contributed by atoms with Crippen LogP contribution in [0.25, 0.3) is 0 Å². The summed E-state index contributed by atoms with van der Waals surface area (Å²) in [6, 6.07) is 0. The molecular weight excluding hydrogens is 504 g/mol. The predicted molar refractivity (Wildman–Crippen MR) is 132 cm³/mol. The molecule has 0 radical (unpaired) electrons. The second-order valence-corrected chi connectivity index (χ2v) is 9.89. The van der Waals surface area contributed by atoms with Crippen molar-refractivity contribution in [2.24, 2.45) is 0 Å². The zero-order valence-electron chi connectivity index (χ0n) is 22.1. The molecule has 2 rings (SSSR count). The van der Waals surface area contributed by atoms with E-state index in [4.69, 9.17) is 18.9 Å². The van der Waals surface area contributed by atoms with Crippen LogP contribution < -0.4 is 0 Å². The first-order chi connectivity index (χ1) is 18.2. The third kappa shape index (κ3) is 9.65. The molecule has 0 aliphatic carbocycles. The molecule has 0 amide bonds. The number of rotatable bonds is 18. The molecule has 12 heteroatoms. The van der Waals surface area contributed by atoms with Crippen molar-refractivity contribution in [3.8, 4) is 0 Å². The van der Waals surface area contributed by atoms with Crippen LogP contribution in [-0.2, 0) is 28.5 Å². The maximum Gasteiger partial charge on any atom is 0.378 e. The first-order valence-corrected chi connectivity index (χ1v) is 13.7. The number of unbranched alkanes of at least 4 members (excludes halogenated alkanes) is 10. The van der Waals surface area contributed by atoms with Crippen LogP contribution in [0.15, 0.2) is 11.5 Å². The summed E-state index contributed by atoms with van der Waals surface area (Å²) in [6.45, 7) is 0.953. The van der Waals surface area contributed by atoms with Crippen LogP contribution in [0.1, 0.15) is 84.0 Å². The molecule has 1 unspecified atom stereocenters. The molecule has 0 aromatic carbocycles. The molecule has 12 nitrogen and oxygen atoms in total. The van der Waals surface area contributed by atoms with Crippen LogP contribution in [0.2, 0.25) is 0 Å². The molecule has 0 aromatic rings. The minimum Gasteiger partial charge on any atom is -0.505 e. The molecule has 2 aliphatic rings. The van der Waals surface area contributed by atoms with Crippen LogP contribution in [0.5, 0.6) is 0 Å². The van der Waals surface area contributed by atoms with Gasteiger partial charge in [-0.3, -0.25) is 4.79 Å². The van der Waals surface area contributed by atoms with E-state index >= 15 is 0 Å². The predicted octanol–water partition coefficient (Wildman–Crippen LogP) is 1.10. The molecule has 220 valence electrons. The second-order valence-electron chi connectivity index (χ2n) is 9.89. The number of aliphatic hydroxyl groups is 6. The van der Waals surface area contributed by atoms with Gasteiger partial charge in [-0.15, -0.1) is 0 Å². The van der Waals surface area contributed by atoms with E-state index in [0.717, 1.165) is 19.3 Å². The van der Waals surface area contributed by atoms with Gasteiger partial charge in [-0.1, -0.05) is 71.1 Å². The van der Waals surface area contributed by atoms with E-state index in [0.29, 0.717) is 6.42 Å². The van der Waals surface area contributed by atoms with E-state index in [2.05, 4.69) is 6.92 Å². The largest absolute Gasteiger partial charge is 0.505 e. The second kappa shape index (κ2) is 16.9. The topological polar surface area (TPSA) is 192 Å². The highest BCUT2D eigenvalue weighted by Crippen LogP contribution is 2.29. The van der Waals surface area contributed by atoms with Crippen molar-refractivity contribution in [1.29, 1.82) is 0 Å². The third-order valence-corrected chi connectivity index (χ3v) is 6.75. The van der Waals surface area contributed by atoms with Crippen molar-refractivity contribution in [2.75, 3.05) is 13.2 Å². The molecule has 0 bridgehead atoms. The molecule has 1 fully saturated rings. The zero-order chi connectivity index (χ0) is 28.1. The Hall–Kier alpha value is -1.96. The summed E-state index contributed by atoms with van der Waals surface area (Å²) in [5, 5.41) is 59.6. The van der Waals surface area contributed by atoms with Gasteiger partial charge in [0.1, 0.15) is 37.1 Å². The van der Waals surface area contributed by atoms with Crippen molar-refractivity contribution in [1.82, 2.24) is 0 Å².